The number of nitrogens with zero attached hydrogens (tertiary/aromatic N) is 2. The van der Waals surface area contributed by atoms with Crippen molar-refractivity contribution in [3.8, 4) is 21.8 Å². The van der Waals surface area contributed by atoms with Gasteiger partial charge in [-0.1, -0.05) is 42.1 Å². The van der Waals surface area contributed by atoms with Gasteiger partial charge >= 0.3 is 5.97 Å². The molecule has 0 N–H and O–H groups in total. The minimum atomic E-state index is -0.174. The van der Waals surface area contributed by atoms with Gasteiger partial charge in [0.25, 0.3) is 0 Å². The topological polar surface area (TPSA) is 52.1 Å². The molecule has 3 aromatic rings. The normalized spacial score (nSPS) is 12.3. The number of hydrogen-bond acceptors (Lipinski definition) is 6. The zero-order valence-corrected chi connectivity index (χ0v) is 16.7. The number of esters is 1. The van der Waals surface area contributed by atoms with E-state index in [0.717, 1.165) is 29.4 Å². The molecule has 0 aliphatic heterocycles. The van der Waals surface area contributed by atoms with E-state index in [1.807, 2.05) is 6.92 Å². The Balaban J connectivity index is 1.69. The van der Waals surface area contributed by atoms with Crippen LogP contribution in [0, 0.1) is 0 Å². The van der Waals surface area contributed by atoms with Gasteiger partial charge in [-0.05, 0) is 36.8 Å². The molecule has 0 amide bonds. The van der Waals surface area contributed by atoms with E-state index in [2.05, 4.69) is 41.8 Å². The van der Waals surface area contributed by atoms with Crippen molar-refractivity contribution in [1.29, 1.82) is 0 Å². The van der Waals surface area contributed by atoms with E-state index in [-0.39, 0.29) is 5.97 Å². The molecule has 0 unspecified atom stereocenters. The van der Waals surface area contributed by atoms with Crippen LogP contribution in [0.4, 0.5) is 0 Å². The fraction of sp³-hybridized carbons (Fsp3) is 0.286. The molecule has 27 heavy (non-hydrogen) atoms. The van der Waals surface area contributed by atoms with Crippen LogP contribution in [-0.2, 0) is 22.4 Å². The summed E-state index contributed by atoms with van der Waals surface area (Å²) < 4.78 is 5.01. The molecule has 138 valence electrons. The number of aryl methyl sites for hydroxylation is 1. The van der Waals surface area contributed by atoms with Crippen molar-refractivity contribution in [2.45, 2.75) is 31.3 Å². The fourth-order valence-corrected chi connectivity index (χ4v) is 4.80. The molecule has 1 aromatic carbocycles. The molecule has 4 rings (SSSR count). The van der Waals surface area contributed by atoms with Crippen LogP contribution in [0.2, 0.25) is 0 Å². The second kappa shape index (κ2) is 8.23. The summed E-state index contributed by atoms with van der Waals surface area (Å²) in [6.07, 6.45) is 2.33. The largest absolute Gasteiger partial charge is 0.466 e. The summed E-state index contributed by atoms with van der Waals surface area (Å²) in [5.41, 5.74) is 5.83. The van der Waals surface area contributed by atoms with Gasteiger partial charge in [-0.3, -0.25) is 4.79 Å². The zero-order chi connectivity index (χ0) is 18.6. The summed E-state index contributed by atoms with van der Waals surface area (Å²) in [6.45, 7) is 2.24. The molecule has 0 saturated carbocycles. The number of fused-ring (bicyclic) bond motifs is 3. The molecule has 1 aliphatic rings. The Labute approximate surface area is 167 Å². The summed E-state index contributed by atoms with van der Waals surface area (Å²) in [7, 11) is 0. The predicted octanol–water partition coefficient (Wildman–Crippen LogP) is 5.02. The molecule has 0 radical (unpaired) electrons. The van der Waals surface area contributed by atoms with E-state index in [1.54, 1.807) is 11.3 Å². The summed E-state index contributed by atoms with van der Waals surface area (Å²) >= 11 is 3.22. The Kier molecular flexibility index (Phi) is 5.55. The Bertz CT molecular complexity index is 955. The highest BCUT2D eigenvalue weighted by Gasteiger charge is 2.23. The lowest BCUT2D eigenvalue weighted by Gasteiger charge is -2.21. The summed E-state index contributed by atoms with van der Waals surface area (Å²) in [4.78, 5) is 22.5. The Morgan fingerprint density at radius 2 is 2.00 bits per heavy atom. The van der Waals surface area contributed by atoms with Crippen LogP contribution in [0.5, 0.6) is 0 Å². The smallest absolute Gasteiger partial charge is 0.306 e. The van der Waals surface area contributed by atoms with E-state index in [4.69, 9.17) is 14.7 Å². The summed E-state index contributed by atoms with van der Waals surface area (Å²) in [6, 6.07) is 12.6. The highest BCUT2D eigenvalue weighted by Crippen LogP contribution is 2.39. The average Bonchev–Trinajstić information content (AvgIpc) is 3.22. The molecule has 2 aromatic heterocycles. The van der Waals surface area contributed by atoms with Crippen LogP contribution in [0.3, 0.4) is 0 Å². The van der Waals surface area contributed by atoms with Crippen molar-refractivity contribution in [3.63, 3.8) is 0 Å². The van der Waals surface area contributed by atoms with Crippen molar-refractivity contribution in [2.24, 2.45) is 0 Å². The maximum atomic E-state index is 11.6. The van der Waals surface area contributed by atoms with E-state index >= 15 is 0 Å². The van der Waals surface area contributed by atoms with Gasteiger partial charge < -0.3 is 4.74 Å². The van der Waals surface area contributed by atoms with Crippen molar-refractivity contribution in [1.82, 2.24) is 9.97 Å². The fourth-order valence-electron chi connectivity index (χ4n) is 3.29. The first-order valence-corrected chi connectivity index (χ1v) is 10.9. The molecular formula is C21H20N2O2S2. The second-order valence-corrected chi connectivity index (χ2v) is 8.23. The van der Waals surface area contributed by atoms with Gasteiger partial charge in [-0.25, -0.2) is 9.97 Å². The number of carbonyl (C=O) groups is 1. The molecule has 2 heterocycles. The molecule has 0 fully saturated rings. The highest BCUT2D eigenvalue weighted by molar-refractivity contribution is 7.99. The molecular weight excluding hydrogens is 376 g/mol. The first-order chi connectivity index (χ1) is 13.3. The molecule has 0 atom stereocenters. The molecule has 0 spiro atoms. The van der Waals surface area contributed by atoms with Gasteiger partial charge in [-0.15, -0.1) is 11.3 Å². The minimum Gasteiger partial charge on any atom is -0.466 e. The van der Waals surface area contributed by atoms with E-state index in [1.165, 1.54) is 33.3 Å². The molecule has 1 aliphatic carbocycles. The lowest BCUT2D eigenvalue weighted by Crippen LogP contribution is -2.10. The first-order valence-electron chi connectivity index (χ1n) is 9.07. The van der Waals surface area contributed by atoms with E-state index in [0.29, 0.717) is 18.8 Å². The highest BCUT2D eigenvalue weighted by atomic mass is 32.2. The van der Waals surface area contributed by atoms with Gasteiger partial charge in [0.1, 0.15) is 0 Å². The second-order valence-electron chi connectivity index (χ2n) is 6.22. The van der Waals surface area contributed by atoms with E-state index < -0.39 is 0 Å². The van der Waals surface area contributed by atoms with Gasteiger partial charge in [0.15, 0.2) is 5.16 Å². The maximum Gasteiger partial charge on any atom is 0.306 e. The van der Waals surface area contributed by atoms with Crippen LogP contribution >= 0.6 is 23.1 Å². The Morgan fingerprint density at radius 3 is 2.81 bits per heavy atom. The van der Waals surface area contributed by atoms with Gasteiger partial charge in [0.05, 0.1) is 29.3 Å². The van der Waals surface area contributed by atoms with Crippen molar-refractivity contribution >= 4 is 29.1 Å². The van der Waals surface area contributed by atoms with Crippen molar-refractivity contribution in [2.75, 3.05) is 12.4 Å². The number of hydrogen-bond donors (Lipinski definition) is 0. The number of thioether (sulfide) groups is 1. The maximum absolute atomic E-state index is 11.6. The number of rotatable bonds is 6. The number of thiophene rings is 1. The van der Waals surface area contributed by atoms with Crippen LogP contribution in [0.15, 0.2) is 46.9 Å². The minimum absolute atomic E-state index is 0.174. The van der Waals surface area contributed by atoms with Crippen LogP contribution < -0.4 is 0 Å². The summed E-state index contributed by atoms with van der Waals surface area (Å²) in [5, 5.41) is 2.80. The van der Waals surface area contributed by atoms with Gasteiger partial charge in [0.2, 0.25) is 0 Å². The lowest BCUT2D eigenvalue weighted by molar-refractivity contribution is -0.142. The number of ether oxygens (including phenoxy) is 1. The SMILES string of the molecule is CCOC(=O)CCSc1nc(-c2cccs2)c2c(n1)-c1ccccc1CC2. The van der Waals surface area contributed by atoms with Crippen molar-refractivity contribution < 1.29 is 9.53 Å². The number of aromatic nitrogens is 2. The summed E-state index contributed by atoms with van der Waals surface area (Å²) in [5.74, 6) is 0.440. The third-order valence-electron chi connectivity index (χ3n) is 4.50. The number of carbonyl (C=O) groups excluding carboxylic acids is 1. The van der Waals surface area contributed by atoms with Gasteiger partial charge in [0, 0.05) is 16.9 Å². The van der Waals surface area contributed by atoms with Crippen molar-refractivity contribution in [3.05, 3.63) is 52.9 Å². The van der Waals surface area contributed by atoms with Crippen LogP contribution in [0.25, 0.3) is 21.8 Å². The Morgan fingerprint density at radius 1 is 1.15 bits per heavy atom. The Hall–Kier alpha value is -2.18. The molecule has 0 bridgehead atoms. The number of benzene rings is 1. The average molecular weight is 397 g/mol. The monoisotopic (exact) mass is 396 g/mol. The molecule has 0 saturated heterocycles. The van der Waals surface area contributed by atoms with Gasteiger partial charge in [-0.2, -0.15) is 0 Å². The lowest BCUT2D eigenvalue weighted by atomic mass is 9.88. The predicted molar refractivity (Wildman–Crippen MR) is 110 cm³/mol. The first kappa shape index (κ1) is 18.2. The molecule has 6 heteroatoms. The van der Waals surface area contributed by atoms with Crippen LogP contribution in [0.1, 0.15) is 24.5 Å². The third-order valence-corrected chi connectivity index (χ3v) is 6.23. The molecule has 4 nitrogen and oxygen atoms in total. The quantitative estimate of drug-likeness (QED) is 0.333. The third kappa shape index (κ3) is 3.92. The van der Waals surface area contributed by atoms with Crippen LogP contribution in [-0.4, -0.2) is 28.3 Å². The van der Waals surface area contributed by atoms with E-state index in [9.17, 15) is 4.79 Å². The standard InChI is InChI=1S/C21H20N2O2S2/c1-2-25-18(24)11-13-27-21-22-19-15-7-4-3-6-14(15)9-10-16(19)20(23-21)17-8-5-12-26-17/h3-8,12H,2,9-11,13H2,1H3. The zero-order valence-electron chi connectivity index (χ0n) is 15.1.